The summed E-state index contributed by atoms with van der Waals surface area (Å²) in [6.45, 7) is 8.11. The zero-order valence-corrected chi connectivity index (χ0v) is 15.0. The van der Waals surface area contributed by atoms with Crippen molar-refractivity contribution in [3.05, 3.63) is 35.9 Å². The minimum Gasteiger partial charge on any atom is -0.480 e. The van der Waals surface area contributed by atoms with E-state index >= 15 is 0 Å². The fraction of sp³-hybridized carbons (Fsp3) is 0.579. The number of carbonyl (C=O) groups is 2. The van der Waals surface area contributed by atoms with Gasteiger partial charge in [-0.15, -0.1) is 0 Å². The van der Waals surface area contributed by atoms with E-state index in [0.717, 1.165) is 5.56 Å². The van der Waals surface area contributed by atoms with Gasteiger partial charge in [-0.25, -0.2) is 0 Å². The van der Waals surface area contributed by atoms with Crippen LogP contribution >= 0.6 is 0 Å². The summed E-state index contributed by atoms with van der Waals surface area (Å²) in [5.41, 5.74) is 0.908. The molecule has 0 aliphatic carbocycles. The van der Waals surface area contributed by atoms with E-state index in [9.17, 15) is 14.7 Å². The van der Waals surface area contributed by atoms with Crippen LogP contribution in [0.3, 0.4) is 0 Å². The van der Waals surface area contributed by atoms with E-state index in [-0.39, 0.29) is 18.4 Å². The molecular weight excluding hydrogens is 306 g/mol. The van der Waals surface area contributed by atoms with Crippen molar-refractivity contribution in [2.45, 2.75) is 59.2 Å². The summed E-state index contributed by atoms with van der Waals surface area (Å²) < 4.78 is 5.38. The van der Waals surface area contributed by atoms with Crippen molar-refractivity contribution >= 4 is 11.9 Å². The van der Waals surface area contributed by atoms with E-state index in [4.69, 9.17) is 4.74 Å². The van der Waals surface area contributed by atoms with Gasteiger partial charge in [-0.05, 0) is 30.2 Å². The van der Waals surface area contributed by atoms with Crippen molar-refractivity contribution in [3.8, 4) is 0 Å². The minimum atomic E-state index is -0.937. The summed E-state index contributed by atoms with van der Waals surface area (Å²) in [4.78, 5) is 23.9. The molecule has 5 heteroatoms. The maximum atomic E-state index is 12.4. The van der Waals surface area contributed by atoms with Gasteiger partial charge in [-0.1, -0.05) is 58.0 Å². The van der Waals surface area contributed by atoms with Gasteiger partial charge in [0.05, 0.1) is 0 Å². The van der Waals surface area contributed by atoms with E-state index < -0.39 is 24.0 Å². The molecule has 0 fully saturated rings. The lowest BCUT2D eigenvalue weighted by atomic mass is 9.99. The molecule has 134 valence electrons. The number of ether oxygens (including phenoxy) is 1. The highest BCUT2D eigenvalue weighted by Gasteiger charge is 2.28. The number of carboxylic acids is 1. The fourth-order valence-electron chi connectivity index (χ4n) is 2.49. The number of rotatable bonds is 10. The van der Waals surface area contributed by atoms with Gasteiger partial charge in [0, 0.05) is 0 Å². The fourth-order valence-corrected chi connectivity index (χ4v) is 2.49. The summed E-state index contributed by atoms with van der Waals surface area (Å²) in [6.07, 6.45) is 1.01. The summed E-state index contributed by atoms with van der Waals surface area (Å²) in [5, 5.41) is 12.4. The number of aliphatic carboxylic acids is 1. The third-order valence-electron chi connectivity index (χ3n) is 3.62. The van der Waals surface area contributed by atoms with Crippen LogP contribution in [-0.4, -0.2) is 29.1 Å². The van der Waals surface area contributed by atoms with Crippen LogP contribution in [0.25, 0.3) is 0 Å². The largest absolute Gasteiger partial charge is 0.480 e. The maximum absolute atomic E-state index is 12.4. The van der Waals surface area contributed by atoms with Crippen LogP contribution < -0.4 is 5.32 Å². The molecule has 2 atom stereocenters. The topological polar surface area (TPSA) is 75.6 Å². The number of hydrogen-bond donors (Lipinski definition) is 2. The SMILES string of the molecule is CC(C)C[C@H](N[C@H](CC(C)C)C(=O)OCc1ccccc1)C(=O)O. The van der Waals surface area contributed by atoms with Gasteiger partial charge in [-0.2, -0.15) is 0 Å². The van der Waals surface area contributed by atoms with Gasteiger partial charge in [0.15, 0.2) is 0 Å². The smallest absolute Gasteiger partial charge is 0.323 e. The van der Waals surface area contributed by atoms with Crippen LogP contribution in [0.1, 0.15) is 46.1 Å². The zero-order valence-electron chi connectivity index (χ0n) is 15.0. The molecule has 0 heterocycles. The van der Waals surface area contributed by atoms with Crippen LogP contribution in [0.15, 0.2) is 30.3 Å². The molecule has 1 rings (SSSR count). The molecule has 2 N–H and O–H groups in total. The van der Waals surface area contributed by atoms with Crippen molar-refractivity contribution in [2.24, 2.45) is 11.8 Å². The summed E-state index contributed by atoms with van der Waals surface area (Å²) in [6, 6.07) is 8.07. The first-order valence-corrected chi connectivity index (χ1v) is 8.49. The number of carbonyl (C=O) groups excluding carboxylic acids is 1. The molecule has 0 aromatic heterocycles. The Morgan fingerprint density at radius 3 is 2.04 bits per heavy atom. The molecule has 0 amide bonds. The molecule has 0 aliphatic heterocycles. The molecular formula is C19H29NO4. The first kappa shape index (κ1) is 20.2. The predicted molar refractivity (Wildman–Crippen MR) is 93.5 cm³/mol. The average molecular weight is 335 g/mol. The van der Waals surface area contributed by atoms with Crippen molar-refractivity contribution in [2.75, 3.05) is 0 Å². The lowest BCUT2D eigenvalue weighted by Crippen LogP contribution is -2.48. The van der Waals surface area contributed by atoms with Crippen LogP contribution in [0.5, 0.6) is 0 Å². The molecule has 0 bridgehead atoms. The molecule has 24 heavy (non-hydrogen) atoms. The highest BCUT2D eigenvalue weighted by molar-refractivity contribution is 5.78. The van der Waals surface area contributed by atoms with Gasteiger partial charge in [0.25, 0.3) is 0 Å². The van der Waals surface area contributed by atoms with Gasteiger partial charge in [0.1, 0.15) is 18.7 Å². The van der Waals surface area contributed by atoms with E-state index in [2.05, 4.69) is 5.32 Å². The Morgan fingerprint density at radius 2 is 1.54 bits per heavy atom. The zero-order chi connectivity index (χ0) is 18.1. The van der Waals surface area contributed by atoms with E-state index in [1.165, 1.54) is 0 Å². The molecule has 1 aromatic carbocycles. The van der Waals surface area contributed by atoms with E-state index in [0.29, 0.717) is 12.8 Å². The highest BCUT2D eigenvalue weighted by Crippen LogP contribution is 2.12. The Bertz CT molecular complexity index is 513. The van der Waals surface area contributed by atoms with Crippen molar-refractivity contribution < 1.29 is 19.4 Å². The van der Waals surface area contributed by atoms with Crippen molar-refractivity contribution in [1.82, 2.24) is 5.32 Å². The first-order chi connectivity index (χ1) is 11.3. The normalized spacial score (nSPS) is 13.8. The number of hydrogen-bond acceptors (Lipinski definition) is 4. The molecule has 0 unspecified atom stereocenters. The van der Waals surface area contributed by atoms with Gasteiger partial charge in [-0.3, -0.25) is 14.9 Å². The number of carboxylic acid groups (broad SMARTS) is 1. The number of nitrogens with one attached hydrogen (secondary N) is 1. The van der Waals surface area contributed by atoms with Crippen molar-refractivity contribution in [1.29, 1.82) is 0 Å². The Balaban J connectivity index is 2.71. The second-order valence-electron chi connectivity index (χ2n) is 6.96. The van der Waals surface area contributed by atoms with Gasteiger partial charge in [0.2, 0.25) is 0 Å². The van der Waals surface area contributed by atoms with E-state index in [1.807, 2.05) is 58.0 Å². The lowest BCUT2D eigenvalue weighted by Gasteiger charge is -2.24. The van der Waals surface area contributed by atoms with E-state index in [1.54, 1.807) is 0 Å². The van der Waals surface area contributed by atoms with Crippen LogP contribution in [-0.2, 0) is 20.9 Å². The summed E-state index contributed by atoms with van der Waals surface area (Å²) >= 11 is 0. The molecule has 0 aliphatic rings. The Hall–Kier alpha value is -1.88. The predicted octanol–water partition coefficient (Wildman–Crippen LogP) is 3.23. The van der Waals surface area contributed by atoms with Crippen LogP contribution in [0.2, 0.25) is 0 Å². The molecule has 0 saturated carbocycles. The first-order valence-electron chi connectivity index (χ1n) is 8.49. The molecule has 0 saturated heterocycles. The molecule has 1 aromatic rings. The lowest BCUT2D eigenvalue weighted by molar-refractivity contribution is -0.149. The van der Waals surface area contributed by atoms with Crippen LogP contribution in [0, 0.1) is 11.8 Å². The molecule has 5 nitrogen and oxygen atoms in total. The van der Waals surface area contributed by atoms with Gasteiger partial charge < -0.3 is 9.84 Å². The summed E-state index contributed by atoms with van der Waals surface area (Å²) in [7, 11) is 0. The quantitative estimate of drug-likeness (QED) is 0.642. The van der Waals surface area contributed by atoms with Crippen LogP contribution in [0.4, 0.5) is 0 Å². The Kier molecular flexibility index (Phi) is 8.47. The molecule has 0 radical (unpaired) electrons. The van der Waals surface area contributed by atoms with Gasteiger partial charge >= 0.3 is 11.9 Å². The second-order valence-corrected chi connectivity index (χ2v) is 6.96. The third-order valence-corrected chi connectivity index (χ3v) is 3.62. The number of benzene rings is 1. The second kappa shape index (κ2) is 10.1. The van der Waals surface area contributed by atoms with Crippen molar-refractivity contribution in [3.63, 3.8) is 0 Å². The highest BCUT2D eigenvalue weighted by atomic mass is 16.5. The minimum absolute atomic E-state index is 0.192. The third kappa shape index (κ3) is 7.59. The Labute approximate surface area is 144 Å². The standard InChI is InChI=1S/C19H29NO4/c1-13(2)10-16(18(21)22)20-17(11-14(3)4)19(23)24-12-15-8-6-5-7-9-15/h5-9,13-14,16-17,20H,10-12H2,1-4H3,(H,21,22)/t16-,17+/m0/s1. The summed E-state index contributed by atoms with van der Waals surface area (Å²) in [5.74, 6) is -0.866. The Morgan fingerprint density at radius 1 is 1.00 bits per heavy atom. The monoisotopic (exact) mass is 335 g/mol. The number of esters is 1. The maximum Gasteiger partial charge on any atom is 0.323 e. The molecule has 0 spiro atoms. The average Bonchev–Trinajstić information content (AvgIpc) is 2.51.